The average Bonchev–Trinajstić information content (AvgIpc) is 3.09. The third-order valence-electron chi connectivity index (χ3n) is 6.04. The van der Waals surface area contributed by atoms with Gasteiger partial charge in [-0.15, -0.1) is 0 Å². The van der Waals surface area contributed by atoms with E-state index < -0.39 is 17.3 Å². The molecule has 0 spiro atoms. The number of halogens is 1. The van der Waals surface area contributed by atoms with Crippen molar-refractivity contribution in [1.82, 2.24) is 19.5 Å². The molecule has 29 heavy (non-hydrogen) atoms. The molecule has 1 aliphatic rings. The Morgan fingerprint density at radius 3 is 2.62 bits per heavy atom. The molecule has 3 heterocycles. The number of aromatic amines is 1. The Labute approximate surface area is 168 Å². The molecular formula is C21H28FN5O2. The summed E-state index contributed by atoms with van der Waals surface area (Å²) in [6.07, 6.45) is 1.83. The van der Waals surface area contributed by atoms with Crippen LogP contribution < -0.4 is 5.73 Å². The fourth-order valence-electron chi connectivity index (χ4n) is 4.77. The topological polar surface area (TPSA) is 99.7 Å². The standard InChI is InChI=1S/C21H28FN5O2/c1-12-16(21(4)5-7-26(8-6-21)11-20(2,3)29)19-24-15-10-13(22)9-14(18(23)28)17(15)27(19)25-12/h9-10,24,29H,5-8,11H2,1-4H3,(H2,23,28). The number of aromatic nitrogens is 3. The summed E-state index contributed by atoms with van der Waals surface area (Å²) in [6, 6.07) is 2.52. The SMILES string of the molecule is Cc1nn2c([nH]c3cc(F)cc(C(N)=O)c32)c1C1(C)CCN(CC(C)(C)O)CC1. The van der Waals surface area contributed by atoms with E-state index in [0.29, 0.717) is 17.6 Å². The Hall–Kier alpha value is -2.45. The Morgan fingerprint density at radius 1 is 1.38 bits per heavy atom. The molecule has 3 aromatic rings. The van der Waals surface area contributed by atoms with Crippen LogP contribution >= 0.6 is 0 Å². The van der Waals surface area contributed by atoms with Crippen molar-refractivity contribution in [2.75, 3.05) is 19.6 Å². The minimum Gasteiger partial charge on any atom is -0.389 e. The maximum Gasteiger partial charge on any atom is 0.251 e. The van der Waals surface area contributed by atoms with Crippen LogP contribution in [0.3, 0.4) is 0 Å². The molecule has 4 N–H and O–H groups in total. The van der Waals surface area contributed by atoms with Crippen molar-refractivity contribution in [1.29, 1.82) is 0 Å². The number of nitrogens with zero attached hydrogens (tertiary/aromatic N) is 3. The van der Waals surface area contributed by atoms with Crippen molar-refractivity contribution >= 4 is 22.6 Å². The van der Waals surface area contributed by atoms with Gasteiger partial charge < -0.3 is 20.7 Å². The molecule has 7 nitrogen and oxygen atoms in total. The summed E-state index contributed by atoms with van der Waals surface area (Å²) in [5, 5.41) is 14.8. The number of carbonyl (C=O) groups is 1. The quantitative estimate of drug-likeness (QED) is 0.625. The fraction of sp³-hybridized carbons (Fsp3) is 0.524. The van der Waals surface area contributed by atoms with Gasteiger partial charge in [0.2, 0.25) is 0 Å². The first-order valence-electron chi connectivity index (χ1n) is 9.94. The van der Waals surface area contributed by atoms with Crippen LogP contribution in [0.15, 0.2) is 12.1 Å². The van der Waals surface area contributed by atoms with Crippen LogP contribution in [0.25, 0.3) is 16.7 Å². The van der Waals surface area contributed by atoms with Gasteiger partial charge in [0, 0.05) is 17.5 Å². The van der Waals surface area contributed by atoms with E-state index in [1.54, 1.807) is 4.52 Å². The minimum atomic E-state index is -0.721. The number of hydrogen-bond acceptors (Lipinski definition) is 4. The van der Waals surface area contributed by atoms with Crippen LogP contribution in [0, 0.1) is 12.7 Å². The molecule has 0 unspecified atom stereocenters. The molecule has 1 saturated heterocycles. The van der Waals surface area contributed by atoms with Crippen LogP contribution in [0.4, 0.5) is 4.39 Å². The van der Waals surface area contributed by atoms with E-state index in [1.807, 2.05) is 20.8 Å². The van der Waals surface area contributed by atoms with E-state index in [0.717, 1.165) is 48.9 Å². The van der Waals surface area contributed by atoms with E-state index in [-0.39, 0.29) is 11.0 Å². The van der Waals surface area contributed by atoms with Crippen LogP contribution in [0.5, 0.6) is 0 Å². The summed E-state index contributed by atoms with van der Waals surface area (Å²) in [5.41, 5.74) is 8.54. The van der Waals surface area contributed by atoms with Crippen molar-refractivity contribution in [2.45, 2.75) is 51.6 Å². The predicted molar refractivity (Wildman–Crippen MR) is 110 cm³/mol. The zero-order chi connectivity index (χ0) is 21.1. The summed E-state index contributed by atoms with van der Waals surface area (Å²) in [5.74, 6) is -1.20. The largest absolute Gasteiger partial charge is 0.389 e. The Kier molecular flexibility index (Phi) is 4.47. The van der Waals surface area contributed by atoms with E-state index >= 15 is 0 Å². The number of hydrogen-bond donors (Lipinski definition) is 3. The third kappa shape index (κ3) is 3.40. The number of nitrogens with one attached hydrogen (secondary N) is 1. The minimum absolute atomic E-state index is 0.116. The molecule has 156 valence electrons. The van der Waals surface area contributed by atoms with Crippen LogP contribution in [-0.4, -0.2) is 55.7 Å². The number of likely N-dealkylation sites (tertiary alicyclic amines) is 1. The molecule has 1 fully saturated rings. The van der Waals surface area contributed by atoms with Gasteiger partial charge in [0.15, 0.2) is 0 Å². The lowest BCUT2D eigenvalue weighted by Gasteiger charge is -2.41. The van der Waals surface area contributed by atoms with Crippen molar-refractivity contribution in [3.05, 3.63) is 34.8 Å². The highest BCUT2D eigenvalue weighted by atomic mass is 19.1. The number of β-amino-alcohol motifs (C(OH)–C–C–N with tert-alkyl or cyclic N) is 1. The first kappa shape index (κ1) is 19.8. The van der Waals surface area contributed by atoms with Crippen molar-refractivity contribution < 1.29 is 14.3 Å². The zero-order valence-corrected chi connectivity index (χ0v) is 17.3. The number of piperidine rings is 1. The first-order chi connectivity index (χ1) is 13.5. The van der Waals surface area contributed by atoms with Crippen LogP contribution in [-0.2, 0) is 5.41 Å². The highest BCUT2D eigenvalue weighted by molar-refractivity contribution is 6.05. The third-order valence-corrected chi connectivity index (χ3v) is 6.04. The number of nitrogens with two attached hydrogens (primary N) is 1. The van der Waals surface area contributed by atoms with Crippen molar-refractivity contribution in [2.24, 2.45) is 5.73 Å². The van der Waals surface area contributed by atoms with Gasteiger partial charge >= 0.3 is 0 Å². The molecule has 0 radical (unpaired) electrons. The average molecular weight is 401 g/mol. The Bertz CT molecular complexity index is 1100. The number of benzene rings is 1. The highest BCUT2D eigenvalue weighted by Crippen LogP contribution is 2.40. The lowest BCUT2D eigenvalue weighted by molar-refractivity contribution is 0.0222. The zero-order valence-electron chi connectivity index (χ0n) is 17.3. The van der Waals surface area contributed by atoms with Gasteiger partial charge in [0.1, 0.15) is 17.0 Å². The van der Waals surface area contributed by atoms with E-state index in [4.69, 9.17) is 5.73 Å². The van der Waals surface area contributed by atoms with E-state index in [1.165, 1.54) is 6.07 Å². The lowest BCUT2D eigenvalue weighted by atomic mass is 9.74. The number of amides is 1. The summed E-state index contributed by atoms with van der Waals surface area (Å²) in [4.78, 5) is 17.4. The summed E-state index contributed by atoms with van der Waals surface area (Å²) >= 11 is 0. The van der Waals surface area contributed by atoms with Gasteiger partial charge in [-0.05, 0) is 58.8 Å². The monoisotopic (exact) mass is 401 g/mol. The van der Waals surface area contributed by atoms with Crippen molar-refractivity contribution in [3.63, 3.8) is 0 Å². The van der Waals surface area contributed by atoms with Crippen LogP contribution in [0.1, 0.15) is 55.2 Å². The second kappa shape index (κ2) is 6.53. The van der Waals surface area contributed by atoms with Gasteiger partial charge in [-0.2, -0.15) is 5.10 Å². The molecular weight excluding hydrogens is 373 g/mol. The molecule has 0 aliphatic carbocycles. The Morgan fingerprint density at radius 2 is 2.03 bits per heavy atom. The number of H-pyrrole nitrogens is 1. The lowest BCUT2D eigenvalue weighted by Crippen LogP contribution is -2.46. The van der Waals surface area contributed by atoms with E-state index in [9.17, 15) is 14.3 Å². The highest BCUT2D eigenvalue weighted by Gasteiger charge is 2.37. The number of rotatable bonds is 4. The smallest absolute Gasteiger partial charge is 0.251 e. The van der Waals surface area contributed by atoms with Gasteiger partial charge in [-0.3, -0.25) is 4.79 Å². The molecule has 0 saturated carbocycles. The number of fused-ring (bicyclic) bond motifs is 3. The van der Waals surface area contributed by atoms with Gasteiger partial charge in [-0.25, -0.2) is 8.91 Å². The normalized spacial score (nSPS) is 18.0. The maximum atomic E-state index is 14.0. The van der Waals surface area contributed by atoms with E-state index in [2.05, 4.69) is 21.9 Å². The molecule has 1 amide bonds. The Balaban J connectivity index is 1.78. The van der Waals surface area contributed by atoms with Gasteiger partial charge in [0.05, 0.1) is 22.4 Å². The van der Waals surface area contributed by atoms with Gasteiger partial charge in [0.25, 0.3) is 5.91 Å². The predicted octanol–water partition coefficient (Wildman–Crippen LogP) is 2.49. The number of aryl methyl sites for hydroxylation is 1. The summed E-state index contributed by atoms with van der Waals surface area (Å²) in [6.45, 7) is 10.2. The molecule has 0 atom stereocenters. The van der Waals surface area contributed by atoms with Gasteiger partial charge in [-0.1, -0.05) is 6.92 Å². The molecule has 1 aliphatic heterocycles. The number of aliphatic hydroxyl groups is 1. The number of carbonyl (C=O) groups excluding carboxylic acids is 1. The molecule has 1 aromatic carbocycles. The summed E-state index contributed by atoms with van der Waals surface area (Å²) in [7, 11) is 0. The molecule has 8 heteroatoms. The molecule has 2 aromatic heterocycles. The molecule has 0 bridgehead atoms. The summed E-state index contributed by atoms with van der Waals surface area (Å²) < 4.78 is 15.7. The number of primary amides is 1. The second-order valence-corrected chi connectivity index (χ2v) is 9.21. The van der Waals surface area contributed by atoms with Crippen molar-refractivity contribution in [3.8, 4) is 0 Å². The fourth-order valence-corrected chi connectivity index (χ4v) is 4.77. The van der Waals surface area contributed by atoms with Crippen LogP contribution in [0.2, 0.25) is 0 Å². The number of imidazole rings is 1. The first-order valence-corrected chi connectivity index (χ1v) is 9.94. The second-order valence-electron chi connectivity index (χ2n) is 9.21. The molecule has 4 rings (SSSR count). The maximum absolute atomic E-state index is 14.0.